The molecule has 0 aliphatic carbocycles. The van der Waals surface area contributed by atoms with Gasteiger partial charge in [-0.15, -0.1) is 0 Å². The minimum atomic E-state index is 0.344. The Labute approximate surface area is 103 Å². The summed E-state index contributed by atoms with van der Waals surface area (Å²) in [6, 6.07) is 7.11. The van der Waals surface area contributed by atoms with Gasteiger partial charge in [-0.1, -0.05) is 29.3 Å². The molecule has 0 spiro atoms. The Morgan fingerprint density at radius 1 is 1.31 bits per heavy atom. The smallest absolute Gasteiger partial charge is 0.0116 e. The summed E-state index contributed by atoms with van der Waals surface area (Å²) in [5, 5.41) is 0. The zero-order valence-corrected chi connectivity index (χ0v) is 11.0. The zero-order chi connectivity index (χ0) is 11.5. The van der Waals surface area contributed by atoms with E-state index in [1.807, 2.05) is 11.8 Å². The van der Waals surface area contributed by atoms with Gasteiger partial charge in [0.15, 0.2) is 0 Å². The van der Waals surface area contributed by atoms with Gasteiger partial charge < -0.3 is 5.73 Å². The van der Waals surface area contributed by atoms with Crippen molar-refractivity contribution in [2.45, 2.75) is 32.7 Å². The molecular formula is C14H21NS. The molecule has 1 aliphatic heterocycles. The van der Waals surface area contributed by atoms with Crippen molar-refractivity contribution in [3.63, 3.8) is 0 Å². The molecule has 1 heterocycles. The highest BCUT2D eigenvalue weighted by molar-refractivity contribution is 7.99. The molecule has 1 aliphatic rings. The molecule has 0 aromatic heterocycles. The van der Waals surface area contributed by atoms with E-state index in [0.29, 0.717) is 6.04 Å². The molecule has 0 bridgehead atoms. The molecule has 1 saturated heterocycles. The second-order valence-electron chi connectivity index (χ2n) is 4.99. The molecule has 0 radical (unpaired) electrons. The van der Waals surface area contributed by atoms with Gasteiger partial charge in [0.05, 0.1) is 0 Å². The lowest BCUT2D eigenvalue weighted by molar-refractivity contribution is 0.462. The maximum absolute atomic E-state index is 6.30. The number of nitrogens with two attached hydrogens (primary N) is 1. The van der Waals surface area contributed by atoms with Crippen LogP contribution in [0.4, 0.5) is 0 Å². The standard InChI is InChI=1S/C14H21NS/c1-10-5-11(2)7-12(6-10)8-14(15)13-3-4-16-9-13/h5-7,13-14H,3-4,8-9,15H2,1-2H3. The third-order valence-electron chi connectivity index (χ3n) is 3.32. The quantitative estimate of drug-likeness (QED) is 0.872. The summed E-state index contributed by atoms with van der Waals surface area (Å²) in [4.78, 5) is 0. The highest BCUT2D eigenvalue weighted by Gasteiger charge is 2.22. The lowest BCUT2D eigenvalue weighted by Crippen LogP contribution is -2.32. The summed E-state index contributed by atoms with van der Waals surface area (Å²) < 4.78 is 0. The third-order valence-corrected chi connectivity index (χ3v) is 4.51. The maximum Gasteiger partial charge on any atom is 0.0116 e. The second-order valence-corrected chi connectivity index (χ2v) is 6.14. The molecule has 1 aromatic carbocycles. The second kappa shape index (κ2) is 5.24. The van der Waals surface area contributed by atoms with E-state index in [1.165, 1.54) is 34.6 Å². The molecule has 2 N–H and O–H groups in total. The Morgan fingerprint density at radius 2 is 2.00 bits per heavy atom. The summed E-state index contributed by atoms with van der Waals surface area (Å²) in [5.41, 5.74) is 10.4. The summed E-state index contributed by atoms with van der Waals surface area (Å²) in [6.07, 6.45) is 2.34. The van der Waals surface area contributed by atoms with E-state index in [1.54, 1.807) is 0 Å². The molecule has 0 amide bonds. The Balaban J connectivity index is 2.02. The third kappa shape index (κ3) is 3.02. The maximum atomic E-state index is 6.30. The first kappa shape index (κ1) is 12.0. The molecule has 16 heavy (non-hydrogen) atoms. The fourth-order valence-electron chi connectivity index (χ4n) is 2.52. The van der Waals surface area contributed by atoms with E-state index in [-0.39, 0.29) is 0 Å². The van der Waals surface area contributed by atoms with Crippen molar-refractivity contribution < 1.29 is 0 Å². The molecule has 2 rings (SSSR count). The van der Waals surface area contributed by atoms with Crippen molar-refractivity contribution >= 4 is 11.8 Å². The summed E-state index contributed by atoms with van der Waals surface area (Å²) >= 11 is 2.05. The first-order valence-electron chi connectivity index (χ1n) is 6.05. The van der Waals surface area contributed by atoms with E-state index in [4.69, 9.17) is 5.73 Å². The van der Waals surface area contributed by atoms with Gasteiger partial charge >= 0.3 is 0 Å². The first-order valence-corrected chi connectivity index (χ1v) is 7.21. The van der Waals surface area contributed by atoms with Crippen LogP contribution in [0.1, 0.15) is 23.1 Å². The Bertz CT molecular complexity index is 336. The topological polar surface area (TPSA) is 26.0 Å². The fourth-order valence-corrected chi connectivity index (χ4v) is 3.87. The van der Waals surface area contributed by atoms with Crippen LogP contribution in [0.5, 0.6) is 0 Å². The van der Waals surface area contributed by atoms with Crippen LogP contribution in [-0.2, 0) is 6.42 Å². The van der Waals surface area contributed by atoms with E-state index < -0.39 is 0 Å². The van der Waals surface area contributed by atoms with Crippen LogP contribution >= 0.6 is 11.8 Å². The predicted molar refractivity (Wildman–Crippen MR) is 73.0 cm³/mol. The van der Waals surface area contributed by atoms with E-state index in [9.17, 15) is 0 Å². The Kier molecular flexibility index (Phi) is 3.93. The molecule has 2 heteroatoms. The molecule has 2 atom stereocenters. The number of aryl methyl sites for hydroxylation is 2. The van der Waals surface area contributed by atoms with Crippen LogP contribution in [0, 0.1) is 19.8 Å². The summed E-state index contributed by atoms with van der Waals surface area (Å²) in [7, 11) is 0. The van der Waals surface area contributed by atoms with Gasteiger partial charge in [0.2, 0.25) is 0 Å². The van der Waals surface area contributed by atoms with Crippen molar-refractivity contribution in [3.8, 4) is 0 Å². The van der Waals surface area contributed by atoms with Crippen LogP contribution in [0.3, 0.4) is 0 Å². The Morgan fingerprint density at radius 3 is 2.56 bits per heavy atom. The lowest BCUT2D eigenvalue weighted by atomic mass is 9.92. The van der Waals surface area contributed by atoms with Crippen LogP contribution in [0.15, 0.2) is 18.2 Å². The van der Waals surface area contributed by atoms with Crippen molar-refractivity contribution in [1.29, 1.82) is 0 Å². The molecular weight excluding hydrogens is 214 g/mol. The molecule has 0 saturated carbocycles. The molecule has 88 valence electrons. The van der Waals surface area contributed by atoms with Crippen molar-refractivity contribution in [3.05, 3.63) is 34.9 Å². The Hall–Kier alpha value is -0.470. The van der Waals surface area contributed by atoms with Gasteiger partial charge in [0, 0.05) is 6.04 Å². The lowest BCUT2D eigenvalue weighted by Gasteiger charge is -2.18. The van der Waals surface area contributed by atoms with E-state index in [2.05, 4.69) is 32.0 Å². The molecule has 1 aromatic rings. The highest BCUT2D eigenvalue weighted by Crippen LogP contribution is 2.27. The average Bonchev–Trinajstić information content (AvgIpc) is 2.68. The summed E-state index contributed by atoms with van der Waals surface area (Å²) in [6.45, 7) is 4.32. The average molecular weight is 235 g/mol. The van der Waals surface area contributed by atoms with Gasteiger partial charge in [-0.05, 0) is 49.7 Å². The van der Waals surface area contributed by atoms with Crippen molar-refractivity contribution in [2.75, 3.05) is 11.5 Å². The minimum absolute atomic E-state index is 0.344. The first-order chi connectivity index (χ1) is 7.65. The van der Waals surface area contributed by atoms with Crippen LogP contribution < -0.4 is 5.73 Å². The molecule has 1 nitrogen and oxygen atoms in total. The van der Waals surface area contributed by atoms with Crippen LogP contribution in [0.2, 0.25) is 0 Å². The van der Waals surface area contributed by atoms with Gasteiger partial charge in [0.1, 0.15) is 0 Å². The summed E-state index contributed by atoms with van der Waals surface area (Å²) in [5.74, 6) is 3.28. The zero-order valence-electron chi connectivity index (χ0n) is 10.2. The number of rotatable bonds is 3. The van der Waals surface area contributed by atoms with Crippen LogP contribution in [-0.4, -0.2) is 17.5 Å². The van der Waals surface area contributed by atoms with Gasteiger partial charge in [0.25, 0.3) is 0 Å². The highest BCUT2D eigenvalue weighted by atomic mass is 32.2. The fraction of sp³-hybridized carbons (Fsp3) is 0.571. The van der Waals surface area contributed by atoms with Gasteiger partial charge in [-0.25, -0.2) is 0 Å². The molecule has 1 fully saturated rings. The number of thioether (sulfide) groups is 1. The normalized spacial score (nSPS) is 22.3. The van der Waals surface area contributed by atoms with E-state index >= 15 is 0 Å². The van der Waals surface area contributed by atoms with E-state index in [0.717, 1.165) is 12.3 Å². The largest absolute Gasteiger partial charge is 0.327 e. The molecule has 2 unspecified atom stereocenters. The monoisotopic (exact) mass is 235 g/mol. The van der Waals surface area contributed by atoms with Crippen molar-refractivity contribution in [1.82, 2.24) is 0 Å². The number of hydrogen-bond acceptors (Lipinski definition) is 2. The van der Waals surface area contributed by atoms with Crippen LogP contribution in [0.25, 0.3) is 0 Å². The number of benzene rings is 1. The minimum Gasteiger partial charge on any atom is -0.327 e. The predicted octanol–water partition coefficient (Wildman–Crippen LogP) is 2.93. The van der Waals surface area contributed by atoms with Crippen molar-refractivity contribution in [2.24, 2.45) is 11.7 Å². The SMILES string of the molecule is Cc1cc(C)cc(CC(N)C2CCSC2)c1. The van der Waals surface area contributed by atoms with Gasteiger partial charge in [-0.3, -0.25) is 0 Å². The van der Waals surface area contributed by atoms with Gasteiger partial charge in [-0.2, -0.15) is 11.8 Å². The number of hydrogen-bond donors (Lipinski definition) is 1.